The van der Waals surface area contributed by atoms with E-state index in [1.54, 1.807) is 13.8 Å². The highest BCUT2D eigenvalue weighted by atomic mass is 16.6. The summed E-state index contributed by atoms with van der Waals surface area (Å²) in [5.41, 5.74) is -1.16. The highest BCUT2D eigenvalue weighted by molar-refractivity contribution is 6.03. The van der Waals surface area contributed by atoms with Gasteiger partial charge in [0.15, 0.2) is 12.1 Å². The first-order valence-corrected chi connectivity index (χ1v) is 16.0. The number of rotatable bonds is 3. The van der Waals surface area contributed by atoms with Gasteiger partial charge in [-0.05, 0) is 85.4 Å². The monoisotopic (exact) mass is 595 g/mol. The van der Waals surface area contributed by atoms with Crippen molar-refractivity contribution in [1.82, 2.24) is 14.7 Å². The van der Waals surface area contributed by atoms with Crippen molar-refractivity contribution >= 4 is 17.7 Å². The van der Waals surface area contributed by atoms with Crippen LogP contribution in [0.15, 0.2) is 0 Å². The number of likely N-dealkylation sites (N-methyl/N-ethyl adjacent to an activating group) is 2. The van der Waals surface area contributed by atoms with Crippen molar-refractivity contribution in [3.05, 3.63) is 0 Å². The SMILES string of the molecule is C[C@H]1CN(C)[C@@H](C2CN(C(=O)[C@@H](C)N(C)C)C2)COC(=O)C(C)(C)C(=O)[C@H](C)CC(C)(C)C1.C[C@H]1C[C@@H](C)O[C@@H](O)C1. The first kappa shape index (κ1) is 36.6. The zero-order valence-electron chi connectivity index (χ0n) is 28.6. The molecule has 0 spiro atoms. The lowest BCUT2D eigenvalue weighted by Gasteiger charge is -2.47. The Morgan fingerprint density at radius 2 is 1.57 bits per heavy atom. The lowest BCUT2D eigenvalue weighted by atomic mass is 9.72. The fourth-order valence-corrected chi connectivity index (χ4v) is 7.13. The Kier molecular flexibility index (Phi) is 13.0. The summed E-state index contributed by atoms with van der Waals surface area (Å²) in [6, 6.07) is -0.139. The van der Waals surface area contributed by atoms with Crippen LogP contribution in [0.2, 0.25) is 0 Å². The quantitative estimate of drug-likeness (QED) is 0.385. The fourth-order valence-electron chi connectivity index (χ4n) is 7.13. The van der Waals surface area contributed by atoms with Crippen LogP contribution < -0.4 is 0 Å². The maximum absolute atomic E-state index is 13.2. The van der Waals surface area contributed by atoms with E-state index in [0.29, 0.717) is 24.9 Å². The highest BCUT2D eigenvalue weighted by Gasteiger charge is 2.44. The van der Waals surface area contributed by atoms with Gasteiger partial charge >= 0.3 is 5.97 Å². The number of esters is 1. The zero-order valence-corrected chi connectivity index (χ0v) is 28.6. The number of nitrogens with zero attached hydrogens (tertiary/aromatic N) is 3. The Morgan fingerprint density at radius 3 is 2.10 bits per heavy atom. The van der Waals surface area contributed by atoms with Crippen LogP contribution in [0.4, 0.5) is 0 Å². The van der Waals surface area contributed by atoms with Gasteiger partial charge in [0.25, 0.3) is 0 Å². The molecular formula is C33H61N3O6. The van der Waals surface area contributed by atoms with Gasteiger partial charge < -0.3 is 19.5 Å². The molecule has 0 aromatic carbocycles. The summed E-state index contributed by atoms with van der Waals surface area (Å²) in [5.74, 6) is 0.732. The molecule has 0 aliphatic carbocycles. The van der Waals surface area contributed by atoms with Crippen molar-refractivity contribution in [2.75, 3.05) is 47.4 Å². The second-order valence-corrected chi connectivity index (χ2v) is 15.3. The van der Waals surface area contributed by atoms with Crippen LogP contribution in [0.5, 0.6) is 0 Å². The van der Waals surface area contributed by atoms with Crippen LogP contribution in [-0.4, -0.2) is 109 Å². The molecule has 3 aliphatic heterocycles. The number of carbonyl (C=O) groups excluding carboxylic acids is 3. The van der Waals surface area contributed by atoms with Crippen molar-refractivity contribution in [2.45, 2.75) is 112 Å². The van der Waals surface area contributed by atoms with Gasteiger partial charge in [-0.15, -0.1) is 0 Å². The number of aliphatic hydroxyl groups excluding tert-OH is 1. The van der Waals surface area contributed by atoms with Gasteiger partial charge in [0, 0.05) is 43.9 Å². The molecule has 0 aromatic rings. The van der Waals surface area contributed by atoms with Gasteiger partial charge in [-0.3, -0.25) is 24.2 Å². The molecular weight excluding hydrogens is 534 g/mol. The number of Topliss-reactive ketones (excluding diaryl/α,β-unsaturated/α-hetero) is 1. The number of ether oxygens (including phenoxy) is 2. The van der Waals surface area contributed by atoms with Gasteiger partial charge in [-0.2, -0.15) is 0 Å². The van der Waals surface area contributed by atoms with E-state index in [-0.39, 0.29) is 53.7 Å². The maximum Gasteiger partial charge on any atom is 0.319 e. The minimum absolute atomic E-state index is 0.000868. The summed E-state index contributed by atoms with van der Waals surface area (Å²) in [6.45, 7) is 20.5. The molecule has 1 amide bonds. The molecule has 0 unspecified atom stereocenters. The van der Waals surface area contributed by atoms with E-state index in [2.05, 4.69) is 39.6 Å². The lowest BCUT2D eigenvalue weighted by Crippen LogP contribution is -2.62. The molecule has 244 valence electrons. The van der Waals surface area contributed by atoms with E-state index in [9.17, 15) is 14.4 Å². The molecule has 42 heavy (non-hydrogen) atoms. The van der Waals surface area contributed by atoms with Crippen LogP contribution in [0.25, 0.3) is 0 Å². The Labute approximate surface area is 255 Å². The fraction of sp³-hybridized carbons (Fsp3) is 0.909. The number of amides is 1. The maximum atomic E-state index is 13.2. The first-order chi connectivity index (χ1) is 19.2. The largest absolute Gasteiger partial charge is 0.463 e. The number of likely N-dealkylation sites (tertiary alicyclic amines) is 1. The smallest absolute Gasteiger partial charge is 0.319 e. The second kappa shape index (κ2) is 15.0. The number of cyclic esters (lactones) is 1. The number of carbonyl (C=O) groups is 3. The molecule has 9 nitrogen and oxygen atoms in total. The number of aliphatic hydroxyl groups is 1. The molecule has 3 heterocycles. The van der Waals surface area contributed by atoms with Crippen molar-refractivity contribution in [3.8, 4) is 0 Å². The third-order valence-electron chi connectivity index (χ3n) is 9.51. The van der Waals surface area contributed by atoms with E-state index in [1.807, 2.05) is 44.7 Å². The Bertz CT molecular complexity index is 890. The summed E-state index contributed by atoms with van der Waals surface area (Å²) >= 11 is 0. The van der Waals surface area contributed by atoms with Gasteiger partial charge in [0.1, 0.15) is 12.0 Å². The van der Waals surface area contributed by atoms with E-state index < -0.39 is 17.7 Å². The standard InChI is InChI=1S/C26H47N3O4.C7H14O2/c1-17-11-25(4,5)12-18(2)22(30)26(6,7)24(32)33-16-21(28(10)13-17)20-14-29(15-20)23(31)19(3)27(8)9;1-5-3-6(2)9-7(8)4-5/h17-21H,11-16H2,1-10H3;5-8H,3-4H2,1-2H3/t17-,18-,19-,21-;5-,6+,7+/m10/s1. The molecule has 3 saturated heterocycles. The molecule has 1 N–H and O–H groups in total. The summed E-state index contributed by atoms with van der Waals surface area (Å²) in [5, 5.41) is 9.03. The third kappa shape index (κ3) is 10.00. The number of hydrogen-bond donors (Lipinski definition) is 1. The second-order valence-electron chi connectivity index (χ2n) is 15.3. The van der Waals surface area contributed by atoms with Crippen molar-refractivity contribution in [3.63, 3.8) is 0 Å². The van der Waals surface area contributed by atoms with E-state index in [0.717, 1.165) is 32.2 Å². The van der Waals surface area contributed by atoms with Crippen LogP contribution in [-0.2, 0) is 23.9 Å². The van der Waals surface area contributed by atoms with Crippen LogP contribution in [0, 0.1) is 34.5 Å². The Balaban J connectivity index is 0.000000581. The Morgan fingerprint density at radius 1 is 0.976 bits per heavy atom. The third-order valence-corrected chi connectivity index (χ3v) is 9.51. The highest BCUT2D eigenvalue weighted by Crippen LogP contribution is 2.37. The van der Waals surface area contributed by atoms with Gasteiger partial charge in [-0.25, -0.2) is 0 Å². The predicted octanol–water partition coefficient (Wildman–Crippen LogP) is 4.07. The van der Waals surface area contributed by atoms with Crippen LogP contribution in [0.3, 0.4) is 0 Å². The van der Waals surface area contributed by atoms with Crippen molar-refractivity contribution in [1.29, 1.82) is 0 Å². The van der Waals surface area contributed by atoms with Crippen molar-refractivity contribution in [2.24, 2.45) is 34.5 Å². The number of hydrogen-bond acceptors (Lipinski definition) is 8. The molecule has 0 radical (unpaired) electrons. The van der Waals surface area contributed by atoms with Gasteiger partial charge in [0.2, 0.25) is 5.91 Å². The number of ketones is 1. The molecule has 0 saturated carbocycles. The lowest BCUT2D eigenvalue weighted by molar-refractivity contribution is -0.169. The predicted molar refractivity (Wildman–Crippen MR) is 166 cm³/mol. The summed E-state index contributed by atoms with van der Waals surface area (Å²) in [7, 11) is 5.91. The van der Waals surface area contributed by atoms with Crippen LogP contribution >= 0.6 is 0 Å². The normalized spacial score (nSPS) is 34.1. The molecule has 0 bridgehead atoms. The minimum Gasteiger partial charge on any atom is -0.463 e. The van der Waals surface area contributed by atoms with E-state index >= 15 is 0 Å². The van der Waals surface area contributed by atoms with E-state index in [1.165, 1.54) is 0 Å². The molecule has 0 aromatic heterocycles. The molecule has 3 rings (SSSR count). The minimum atomic E-state index is -1.17. The van der Waals surface area contributed by atoms with Gasteiger partial charge in [0.05, 0.1) is 12.1 Å². The summed E-state index contributed by atoms with van der Waals surface area (Å²) < 4.78 is 10.9. The zero-order chi connectivity index (χ0) is 32.2. The summed E-state index contributed by atoms with van der Waals surface area (Å²) in [6.07, 6.45) is 3.37. The van der Waals surface area contributed by atoms with E-state index in [4.69, 9.17) is 14.6 Å². The average molecular weight is 596 g/mol. The molecule has 3 fully saturated rings. The topological polar surface area (TPSA) is 99.6 Å². The first-order valence-electron chi connectivity index (χ1n) is 16.0. The van der Waals surface area contributed by atoms with Crippen LogP contribution in [0.1, 0.15) is 88.0 Å². The average Bonchev–Trinajstić information content (AvgIpc) is 2.81. The molecule has 7 atom stereocenters. The van der Waals surface area contributed by atoms with Gasteiger partial charge in [-0.1, -0.05) is 34.6 Å². The summed E-state index contributed by atoms with van der Waals surface area (Å²) in [4.78, 5) is 45.0. The molecule has 9 heteroatoms. The molecule has 3 aliphatic rings. The Hall–Kier alpha value is -1.55. The van der Waals surface area contributed by atoms with Crippen molar-refractivity contribution < 1.29 is 29.0 Å².